The standard InChI is InChI=1S/C6H4ClFINO/c1-11-3-2-10-6(7)4(8)5(3)9/h2H,1H3/i1D3. The van der Waals surface area contributed by atoms with E-state index in [1.54, 1.807) is 22.6 Å². The Morgan fingerprint density at radius 1 is 1.91 bits per heavy atom. The van der Waals surface area contributed by atoms with Gasteiger partial charge in [-0.15, -0.1) is 0 Å². The predicted octanol–water partition coefficient (Wildman–Crippen LogP) is 2.49. The molecule has 0 saturated carbocycles. The van der Waals surface area contributed by atoms with E-state index in [-0.39, 0.29) is 14.5 Å². The lowest BCUT2D eigenvalue weighted by molar-refractivity contribution is 0.404. The minimum Gasteiger partial charge on any atom is -0.494 e. The van der Waals surface area contributed by atoms with Crippen molar-refractivity contribution in [2.45, 2.75) is 0 Å². The van der Waals surface area contributed by atoms with Crippen LogP contribution in [0.25, 0.3) is 0 Å². The molecule has 2 nitrogen and oxygen atoms in total. The summed E-state index contributed by atoms with van der Waals surface area (Å²) in [5.74, 6) is -0.929. The largest absolute Gasteiger partial charge is 0.494 e. The van der Waals surface area contributed by atoms with Crippen LogP contribution >= 0.6 is 34.2 Å². The van der Waals surface area contributed by atoms with Crippen LogP contribution in [0.5, 0.6) is 5.75 Å². The Balaban J connectivity index is 3.06. The third-order valence-electron chi connectivity index (χ3n) is 0.995. The van der Waals surface area contributed by atoms with Gasteiger partial charge in [-0.25, -0.2) is 9.37 Å². The third kappa shape index (κ3) is 1.73. The molecule has 0 N–H and O–H groups in total. The van der Waals surface area contributed by atoms with E-state index >= 15 is 0 Å². The van der Waals surface area contributed by atoms with Gasteiger partial charge in [0.2, 0.25) is 0 Å². The van der Waals surface area contributed by atoms with Crippen molar-refractivity contribution in [1.82, 2.24) is 4.98 Å². The molecule has 0 saturated heterocycles. The number of pyridine rings is 1. The van der Waals surface area contributed by atoms with Crippen molar-refractivity contribution < 1.29 is 13.2 Å². The molecule has 0 aromatic carbocycles. The maximum atomic E-state index is 13.1. The molecule has 60 valence electrons. The first-order valence-corrected chi connectivity index (χ1v) is 3.95. The summed E-state index contributed by atoms with van der Waals surface area (Å²) in [6.07, 6.45) is 1.07. The fraction of sp³-hybridized carbons (Fsp3) is 0.167. The first-order chi connectivity index (χ1) is 6.31. The van der Waals surface area contributed by atoms with Gasteiger partial charge in [0.25, 0.3) is 0 Å². The summed E-state index contributed by atoms with van der Waals surface area (Å²) in [6, 6.07) is 0. The zero-order valence-electron chi connectivity index (χ0n) is 8.07. The predicted molar refractivity (Wildman–Crippen MR) is 48.5 cm³/mol. The summed E-state index contributed by atoms with van der Waals surface area (Å²) in [4.78, 5) is 3.43. The average Bonchev–Trinajstić information content (AvgIpc) is 2.04. The van der Waals surface area contributed by atoms with Gasteiger partial charge in [0.1, 0.15) is 0 Å². The van der Waals surface area contributed by atoms with Crippen LogP contribution in [0, 0.1) is 9.39 Å². The van der Waals surface area contributed by atoms with Crippen LogP contribution < -0.4 is 4.74 Å². The van der Waals surface area contributed by atoms with E-state index in [2.05, 4.69) is 9.72 Å². The molecular weight excluding hydrogens is 283 g/mol. The number of halogens is 3. The molecule has 0 amide bonds. The molecule has 0 spiro atoms. The second-order valence-electron chi connectivity index (χ2n) is 1.64. The molecule has 0 fully saturated rings. The molecule has 1 aromatic rings. The van der Waals surface area contributed by atoms with E-state index < -0.39 is 12.9 Å². The number of ether oxygens (including phenoxy) is 1. The number of nitrogens with zero attached hydrogens (tertiary/aromatic N) is 1. The van der Waals surface area contributed by atoms with Crippen molar-refractivity contribution in [3.05, 3.63) is 20.7 Å². The summed E-state index contributed by atoms with van der Waals surface area (Å²) in [5, 5.41) is -0.313. The molecular formula is C6H4ClFINO. The van der Waals surface area contributed by atoms with Crippen molar-refractivity contribution in [1.29, 1.82) is 0 Å². The monoisotopic (exact) mass is 290 g/mol. The van der Waals surface area contributed by atoms with Crippen LogP contribution in [0.1, 0.15) is 4.11 Å². The van der Waals surface area contributed by atoms with E-state index in [1.807, 2.05) is 0 Å². The quantitative estimate of drug-likeness (QED) is 0.585. The van der Waals surface area contributed by atoms with Gasteiger partial charge in [0.05, 0.1) is 20.9 Å². The van der Waals surface area contributed by atoms with Crippen LogP contribution in [0.3, 0.4) is 0 Å². The fourth-order valence-corrected chi connectivity index (χ4v) is 1.31. The third-order valence-corrected chi connectivity index (χ3v) is 2.26. The molecule has 5 heteroatoms. The molecule has 0 unspecified atom stereocenters. The summed E-state index contributed by atoms with van der Waals surface area (Å²) in [7, 11) is -2.62. The lowest BCUT2D eigenvalue weighted by atomic mass is 10.4. The minimum absolute atomic E-state index is 0.00118. The van der Waals surface area contributed by atoms with Crippen LogP contribution in [-0.2, 0) is 0 Å². The molecule has 0 radical (unpaired) electrons. The topological polar surface area (TPSA) is 22.1 Å². The molecule has 0 bridgehead atoms. The summed E-state index contributed by atoms with van der Waals surface area (Å²) in [6.45, 7) is 0. The Morgan fingerprint density at radius 3 is 3.27 bits per heavy atom. The number of methoxy groups -OCH3 is 1. The Bertz CT molecular complexity index is 360. The van der Waals surface area contributed by atoms with Crippen LogP contribution in [0.4, 0.5) is 4.39 Å². The van der Waals surface area contributed by atoms with Crippen molar-refractivity contribution in [2.75, 3.05) is 7.04 Å². The number of hydrogen-bond donors (Lipinski definition) is 0. The van der Waals surface area contributed by atoms with Crippen molar-refractivity contribution in [3.63, 3.8) is 0 Å². The first-order valence-electron chi connectivity index (χ1n) is 4.00. The van der Waals surface area contributed by atoms with Crippen LogP contribution in [-0.4, -0.2) is 12.0 Å². The second-order valence-corrected chi connectivity index (χ2v) is 3.08. The second kappa shape index (κ2) is 3.53. The fourth-order valence-electron chi connectivity index (χ4n) is 0.499. The number of rotatable bonds is 1. The molecule has 0 aliphatic heterocycles. The summed E-state index contributed by atoms with van der Waals surface area (Å²) in [5.41, 5.74) is 0. The van der Waals surface area contributed by atoms with Gasteiger partial charge in [-0.1, -0.05) is 11.6 Å². The Hall–Kier alpha value is -0.100. The lowest BCUT2D eigenvalue weighted by Gasteiger charge is -2.02. The molecule has 1 aromatic heterocycles. The van der Waals surface area contributed by atoms with Crippen LogP contribution in [0.15, 0.2) is 6.20 Å². The minimum atomic E-state index is -2.62. The maximum absolute atomic E-state index is 13.1. The highest BCUT2D eigenvalue weighted by molar-refractivity contribution is 14.1. The molecule has 0 aliphatic rings. The van der Waals surface area contributed by atoms with Crippen molar-refractivity contribution in [2.24, 2.45) is 0 Å². The van der Waals surface area contributed by atoms with E-state index in [4.69, 9.17) is 15.7 Å². The highest BCUT2D eigenvalue weighted by atomic mass is 127. The zero-order valence-corrected chi connectivity index (χ0v) is 7.98. The van der Waals surface area contributed by atoms with Gasteiger partial charge in [0.15, 0.2) is 16.7 Å². The van der Waals surface area contributed by atoms with Crippen LogP contribution in [0.2, 0.25) is 5.15 Å². The molecule has 0 aliphatic carbocycles. The van der Waals surface area contributed by atoms with Gasteiger partial charge in [-0.2, -0.15) is 0 Å². The number of hydrogen-bond acceptors (Lipinski definition) is 2. The summed E-state index contributed by atoms with van der Waals surface area (Å²) >= 11 is 6.97. The number of aromatic nitrogens is 1. The first kappa shape index (κ1) is 5.53. The molecule has 1 heterocycles. The average molecular weight is 290 g/mol. The Labute approximate surface area is 86.1 Å². The lowest BCUT2D eigenvalue weighted by Crippen LogP contribution is -1.93. The molecule has 11 heavy (non-hydrogen) atoms. The van der Waals surface area contributed by atoms with E-state index in [0.29, 0.717) is 0 Å². The van der Waals surface area contributed by atoms with E-state index in [1.165, 1.54) is 0 Å². The Morgan fingerprint density at radius 2 is 2.64 bits per heavy atom. The molecule has 0 atom stereocenters. The normalized spacial score (nSPS) is 15.0. The highest BCUT2D eigenvalue weighted by Gasteiger charge is 2.10. The van der Waals surface area contributed by atoms with Gasteiger partial charge >= 0.3 is 0 Å². The SMILES string of the molecule is [2H]C([2H])([2H])Oc1cnc(Cl)c(F)c1I. The maximum Gasteiger partial charge on any atom is 0.177 e. The highest BCUT2D eigenvalue weighted by Crippen LogP contribution is 2.25. The van der Waals surface area contributed by atoms with E-state index in [0.717, 1.165) is 6.20 Å². The zero-order chi connectivity index (χ0) is 10.9. The van der Waals surface area contributed by atoms with Crippen molar-refractivity contribution in [3.8, 4) is 5.75 Å². The smallest absolute Gasteiger partial charge is 0.177 e. The van der Waals surface area contributed by atoms with Gasteiger partial charge in [0, 0.05) is 0 Å². The van der Waals surface area contributed by atoms with Crippen molar-refractivity contribution >= 4 is 34.2 Å². The summed E-state index contributed by atoms with van der Waals surface area (Å²) < 4.78 is 38.0. The van der Waals surface area contributed by atoms with Gasteiger partial charge < -0.3 is 4.74 Å². The molecule has 1 rings (SSSR count). The van der Waals surface area contributed by atoms with E-state index in [9.17, 15) is 4.39 Å². The van der Waals surface area contributed by atoms with Gasteiger partial charge in [-0.05, 0) is 22.6 Å². The van der Waals surface area contributed by atoms with Gasteiger partial charge in [-0.3, -0.25) is 0 Å². The Kier molecular flexibility index (Phi) is 1.78.